The lowest BCUT2D eigenvalue weighted by atomic mass is 9.93. The SMILES string of the molecule is Cc1ccc(OC2CCC(NC(=O)/C=C/c3ccc(Cl)cc3)CC2)nc1. The third-order valence-corrected chi connectivity index (χ3v) is 4.74. The second-order valence-corrected chi connectivity index (χ2v) is 7.10. The number of ether oxygens (including phenoxy) is 1. The Morgan fingerprint density at radius 2 is 1.88 bits per heavy atom. The summed E-state index contributed by atoms with van der Waals surface area (Å²) in [7, 11) is 0. The van der Waals surface area contributed by atoms with Crippen molar-refractivity contribution in [1.82, 2.24) is 10.3 Å². The van der Waals surface area contributed by atoms with Crippen molar-refractivity contribution in [3.05, 3.63) is 64.8 Å². The Morgan fingerprint density at radius 1 is 1.15 bits per heavy atom. The third-order valence-electron chi connectivity index (χ3n) is 4.49. The summed E-state index contributed by atoms with van der Waals surface area (Å²) in [6.07, 6.45) is 9.01. The molecule has 26 heavy (non-hydrogen) atoms. The van der Waals surface area contributed by atoms with Crippen molar-refractivity contribution in [1.29, 1.82) is 0 Å². The predicted molar refractivity (Wildman–Crippen MR) is 104 cm³/mol. The molecule has 136 valence electrons. The van der Waals surface area contributed by atoms with E-state index in [2.05, 4.69) is 10.3 Å². The van der Waals surface area contributed by atoms with Crippen LogP contribution in [0, 0.1) is 6.92 Å². The number of carbonyl (C=O) groups is 1. The van der Waals surface area contributed by atoms with Crippen molar-refractivity contribution in [2.45, 2.75) is 44.8 Å². The molecule has 1 N–H and O–H groups in total. The largest absolute Gasteiger partial charge is 0.474 e. The second-order valence-electron chi connectivity index (χ2n) is 6.66. The molecule has 1 aliphatic rings. The summed E-state index contributed by atoms with van der Waals surface area (Å²) in [6.45, 7) is 2.01. The van der Waals surface area contributed by atoms with Crippen molar-refractivity contribution in [2.24, 2.45) is 0 Å². The number of benzene rings is 1. The number of aromatic nitrogens is 1. The molecule has 1 fully saturated rings. The number of hydrogen-bond acceptors (Lipinski definition) is 3. The van der Waals surface area contributed by atoms with E-state index in [-0.39, 0.29) is 18.1 Å². The number of nitrogens with one attached hydrogen (secondary N) is 1. The molecule has 0 aliphatic heterocycles. The molecule has 1 aromatic heterocycles. The van der Waals surface area contributed by atoms with Gasteiger partial charge in [-0.3, -0.25) is 4.79 Å². The number of aryl methyl sites for hydroxylation is 1. The van der Waals surface area contributed by atoms with Crippen LogP contribution in [0.5, 0.6) is 5.88 Å². The van der Waals surface area contributed by atoms with Gasteiger partial charge < -0.3 is 10.1 Å². The van der Waals surface area contributed by atoms with E-state index in [1.807, 2.05) is 49.5 Å². The number of hydrogen-bond donors (Lipinski definition) is 1. The summed E-state index contributed by atoms with van der Waals surface area (Å²) in [5, 5.41) is 3.76. The molecule has 0 atom stereocenters. The van der Waals surface area contributed by atoms with Gasteiger partial charge in [0.15, 0.2) is 0 Å². The Kier molecular flexibility index (Phi) is 6.29. The van der Waals surface area contributed by atoms with Crippen molar-refractivity contribution in [3.8, 4) is 5.88 Å². The summed E-state index contributed by atoms with van der Waals surface area (Å²) in [5.41, 5.74) is 2.07. The minimum atomic E-state index is -0.0653. The maximum absolute atomic E-state index is 12.1. The fraction of sp³-hybridized carbons (Fsp3) is 0.333. The molecule has 1 aliphatic carbocycles. The first-order chi connectivity index (χ1) is 12.6. The Balaban J connectivity index is 1.42. The molecule has 3 rings (SSSR count). The predicted octanol–water partition coefficient (Wildman–Crippen LogP) is 4.56. The quantitative estimate of drug-likeness (QED) is 0.785. The van der Waals surface area contributed by atoms with Crippen LogP contribution in [0.4, 0.5) is 0 Å². The average Bonchev–Trinajstić information content (AvgIpc) is 2.65. The lowest BCUT2D eigenvalue weighted by Crippen LogP contribution is -2.39. The highest BCUT2D eigenvalue weighted by atomic mass is 35.5. The van der Waals surface area contributed by atoms with Crippen LogP contribution in [0.15, 0.2) is 48.7 Å². The maximum Gasteiger partial charge on any atom is 0.244 e. The summed E-state index contributed by atoms with van der Waals surface area (Å²) >= 11 is 5.86. The van der Waals surface area contributed by atoms with Gasteiger partial charge in [-0.2, -0.15) is 0 Å². The molecular formula is C21H23ClN2O2. The van der Waals surface area contributed by atoms with Crippen molar-refractivity contribution in [2.75, 3.05) is 0 Å². The Hall–Kier alpha value is -2.33. The topological polar surface area (TPSA) is 51.2 Å². The zero-order valence-corrected chi connectivity index (χ0v) is 15.6. The number of rotatable bonds is 5. The molecule has 1 amide bonds. The summed E-state index contributed by atoms with van der Waals surface area (Å²) in [6, 6.07) is 11.5. The van der Waals surface area contributed by atoms with Crippen LogP contribution in [0.2, 0.25) is 5.02 Å². The number of carbonyl (C=O) groups excluding carboxylic acids is 1. The maximum atomic E-state index is 12.1. The smallest absolute Gasteiger partial charge is 0.244 e. The first-order valence-electron chi connectivity index (χ1n) is 8.92. The van der Waals surface area contributed by atoms with E-state index in [1.165, 1.54) is 0 Å². The zero-order valence-electron chi connectivity index (χ0n) is 14.8. The monoisotopic (exact) mass is 370 g/mol. The molecule has 1 heterocycles. The zero-order chi connectivity index (χ0) is 18.4. The van der Waals surface area contributed by atoms with Gasteiger partial charge in [-0.1, -0.05) is 29.8 Å². The van der Waals surface area contributed by atoms with Crippen molar-refractivity contribution in [3.63, 3.8) is 0 Å². The molecule has 2 aromatic rings. The summed E-state index contributed by atoms with van der Waals surface area (Å²) in [5.74, 6) is 0.610. The molecule has 4 nitrogen and oxygen atoms in total. The fourth-order valence-electron chi connectivity index (χ4n) is 3.01. The van der Waals surface area contributed by atoms with Gasteiger partial charge in [0, 0.05) is 29.4 Å². The van der Waals surface area contributed by atoms with Crippen LogP contribution < -0.4 is 10.1 Å². The number of pyridine rings is 1. The Bertz CT molecular complexity index is 749. The first-order valence-corrected chi connectivity index (χ1v) is 9.30. The molecule has 0 unspecified atom stereocenters. The number of halogens is 1. The van der Waals surface area contributed by atoms with Gasteiger partial charge in [0.25, 0.3) is 0 Å². The van der Waals surface area contributed by atoms with Crippen LogP contribution in [-0.4, -0.2) is 23.0 Å². The van der Waals surface area contributed by atoms with Crippen molar-refractivity contribution < 1.29 is 9.53 Å². The molecule has 5 heteroatoms. The minimum Gasteiger partial charge on any atom is -0.474 e. The van der Waals surface area contributed by atoms with Crippen molar-refractivity contribution >= 4 is 23.6 Å². The second kappa shape index (κ2) is 8.86. The van der Waals surface area contributed by atoms with E-state index >= 15 is 0 Å². The van der Waals surface area contributed by atoms with Crippen LogP contribution in [0.1, 0.15) is 36.8 Å². The van der Waals surface area contributed by atoms with E-state index in [0.29, 0.717) is 10.9 Å². The number of nitrogens with zero attached hydrogens (tertiary/aromatic N) is 1. The number of amides is 1. The van der Waals surface area contributed by atoms with Gasteiger partial charge >= 0.3 is 0 Å². The molecule has 1 saturated carbocycles. The minimum absolute atomic E-state index is 0.0653. The van der Waals surface area contributed by atoms with Gasteiger partial charge in [-0.15, -0.1) is 0 Å². The van der Waals surface area contributed by atoms with Crippen LogP contribution in [-0.2, 0) is 4.79 Å². The first kappa shape index (κ1) is 18.5. The lowest BCUT2D eigenvalue weighted by molar-refractivity contribution is -0.117. The molecule has 0 radical (unpaired) electrons. The highest BCUT2D eigenvalue weighted by molar-refractivity contribution is 6.30. The summed E-state index contributed by atoms with van der Waals surface area (Å²) < 4.78 is 5.93. The van der Waals surface area contributed by atoms with E-state index in [9.17, 15) is 4.79 Å². The van der Waals surface area contributed by atoms with E-state index in [0.717, 1.165) is 36.8 Å². The van der Waals surface area contributed by atoms with E-state index < -0.39 is 0 Å². The van der Waals surface area contributed by atoms with Gasteiger partial charge in [0.1, 0.15) is 6.10 Å². The van der Waals surface area contributed by atoms with E-state index in [4.69, 9.17) is 16.3 Å². The fourth-order valence-corrected chi connectivity index (χ4v) is 3.14. The van der Waals surface area contributed by atoms with Crippen LogP contribution in [0.3, 0.4) is 0 Å². The highest BCUT2D eigenvalue weighted by Gasteiger charge is 2.23. The highest BCUT2D eigenvalue weighted by Crippen LogP contribution is 2.23. The van der Waals surface area contributed by atoms with Gasteiger partial charge in [-0.05, 0) is 61.9 Å². The molecule has 0 bridgehead atoms. The Labute approximate surface area is 159 Å². The molecule has 0 spiro atoms. The molecule has 1 aromatic carbocycles. The van der Waals surface area contributed by atoms with Gasteiger partial charge in [0.05, 0.1) is 0 Å². The molecule has 0 saturated heterocycles. The Morgan fingerprint density at radius 3 is 2.54 bits per heavy atom. The lowest BCUT2D eigenvalue weighted by Gasteiger charge is -2.28. The molecular weight excluding hydrogens is 348 g/mol. The van der Waals surface area contributed by atoms with Crippen LogP contribution >= 0.6 is 11.6 Å². The van der Waals surface area contributed by atoms with Crippen LogP contribution in [0.25, 0.3) is 6.08 Å². The van der Waals surface area contributed by atoms with Gasteiger partial charge in [-0.25, -0.2) is 4.98 Å². The van der Waals surface area contributed by atoms with Gasteiger partial charge in [0.2, 0.25) is 11.8 Å². The average molecular weight is 371 g/mol. The summed E-state index contributed by atoms with van der Waals surface area (Å²) in [4.78, 5) is 16.4. The standard InChI is InChI=1S/C21H23ClN2O2/c1-15-2-13-21(23-14-15)26-19-10-8-18(9-11-19)24-20(25)12-5-16-3-6-17(22)7-4-16/h2-7,12-14,18-19H,8-11H2,1H3,(H,24,25)/b12-5+. The third kappa shape index (κ3) is 5.60. The van der Waals surface area contributed by atoms with E-state index in [1.54, 1.807) is 12.2 Å². The normalized spacial score (nSPS) is 20.1.